The van der Waals surface area contributed by atoms with E-state index in [0.717, 1.165) is 18.7 Å². The lowest BCUT2D eigenvalue weighted by Crippen LogP contribution is -2.15. The second-order valence-electron chi connectivity index (χ2n) is 4.37. The average molecular weight is 271 g/mol. The van der Waals surface area contributed by atoms with Crippen LogP contribution in [0.3, 0.4) is 0 Å². The molecule has 20 heavy (non-hydrogen) atoms. The molecule has 0 radical (unpaired) electrons. The number of aryl methyl sites for hydroxylation is 1. The zero-order chi connectivity index (χ0) is 14.4. The van der Waals surface area contributed by atoms with Gasteiger partial charge in [-0.05, 0) is 37.6 Å². The lowest BCUT2D eigenvalue weighted by Gasteiger charge is -2.05. The number of carbonyl (C=O) groups is 1. The Kier molecular flexibility index (Phi) is 4.60. The Morgan fingerprint density at radius 2 is 2.05 bits per heavy atom. The summed E-state index contributed by atoms with van der Waals surface area (Å²) in [4.78, 5) is 16.1. The number of carbonyl (C=O) groups excluding carboxylic acids is 1. The van der Waals surface area contributed by atoms with E-state index in [1.165, 1.54) is 0 Å². The topological polar surface area (TPSA) is 79.8 Å². The van der Waals surface area contributed by atoms with E-state index in [9.17, 15) is 4.79 Å². The fraction of sp³-hybridized carbons (Fsp3) is 0.286. The first kappa shape index (κ1) is 13.9. The van der Waals surface area contributed by atoms with Gasteiger partial charge in [0.05, 0.1) is 11.9 Å². The molecule has 2 N–H and O–H groups in total. The average Bonchev–Trinajstić information content (AvgIpc) is 2.48. The molecule has 0 fully saturated rings. The van der Waals surface area contributed by atoms with Gasteiger partial charge in [0, 0.05) is 12.2 Å². The Morgan fingerprint density at radius 1 is 1.20 bits per heavy atom. The Balaban J connectivity index is 2.00. The smallest absolute Gasteiger partial charge is 0.276 e. The molecule has 2 aromatic heterocycles. The molecular weight excluding hydrogens is 254 g/mol. The molecule has 0 saturated heterocycles. The number of nitrogens with one attached hydrogen (secondary N) is 2. The molecule has 0 atom stereocenters. The van der Waals surface area contributed by atoms with Gasteiger partial charge in [-0.1, -0.05) is 6.92 Å². The van der Waals surface area contributed by atoms with Crippen LogP contribution in [-0.4, -0.2) is 27.6 Å². The summed E-state index contributed by atoms with van der Waals surface area (Å²) in [5.74, 6) is 0.366. The van der Waals surface area contributed by atoms with Gasteiger partial charge >= 0.3 is 0 Å². The summed E-state index contributed by atoms with van der Waals surface area (Å²) >= 11 is 0. The molecule has 104 valence electrons. The molecule has 1 amide bonds. The van der Waals surface area contributed by atoms with Crippen LogP contribution in [-0.2, 0) is 0 Å². The van der Waals surface area contributed by atoms with Crippen molar-refractivity contribution in [1.29, 1.82) is 0 Å². The van der Waals surface area contributed by atoms with E-state index in [4.69, 9.17) is 0 Å². The van der Waals surface area contributed by atoms with E-state index >= 15 is 0 Å². The van der Waals surface area contributed by atoms with Gasteiger partial charge in [0.1, 0.15) is 5.82 Å². The van der Waals surface area contributed by atoms with Crippen molar-refractivity contribution < 1.29 is 4.79 Å². The number of rotatable bonds is 5. The van der Waals surface area contributed by atoms with Gasteiger partial charge < -0.3 is 10.6 Å². The maximum Gasteiger partial charge on any atom is 0.276 e. The fourth-order valence-corrected chi connectivity index (χ4v) is 1.54. The number of hydrogen-bond acceptors (Lipinski definition) is 5. The Hall–Kier alpha value is -2.50. The number of pyridine rings is 1. The molecule has 0 aliphatic carbocycles. The quantitative estimate of drug-likeness (QED) is 0.872. The van der Waals surface area contributed by atoms with Crippen LogP contribution >= 0.6 is 0 Å². The first-order chi connectivity index (χ1) is 9.69. The summed E-state index contributed by atoms with van der Waals surface area (Å²) in [5.41, 5.74) is 1.80. The van der Waals surface area contributed by atoms with Gasteiger partial charge in [-0.25, -0.2) is 0 Å². The van der Waals surface area contributed by atoms with E-state index in [-0.39, 0.29) is 11.6 Å². The zero-order valence-corrected chi connectivity index (χ0v) is 11.6. The van der Waals surface area contributed by atoms with Crippen LogP contribution in [0, 0.1) is 6.92 Å². The number of hydrogen-bond donors (Lipinski definition) is 2. The highest BCUT2D eigenvalue weighted by atomic mass is 16.1. The minimum atomic E-state index is -0.301. The molecule has 2 rings (SSSR count). The maximum absolute atomic E-state index is 12.0. The van der Waals surface area contributed by atoms with Crippen LogP contribution in [0.1, 0.15) is 29.5 Å². The Morgan fingerprint density at radius 3 is 2.65 bits per heavy atom. The second kappa shape index (κ2) is 6.60. The molecule has 0 saturated carbocycles. The first-order valence-electron chi connectivity index (χ1n) is 6.50. The molecule has 0 aromatic carbocycles. The Labute approximate surface area is 117 Å². The molecule has 0 bridgehead atoms. The van der Waals surface area contributed by atoms with Crippen molar-refractivity contribution >= 4 is 17.4 Å². The molecule has 2 heterocycles. The van der Waals surface area contributed by atoms with E-state index in [1.54, 1.807) is 24.4 Å². The third-order valence-electron chi connectivity index (χ3n) is 2.62. The van der Waals surface area contributed by atoms with Crippen LogP contribution in [0.25, 0.3) is 0 Å². The summed E-state index contributed by atoms with van der Waals surface area (Å²) in [6.45, 7) is 4.78. The molecule has 0 unspecified atom stereocenters. The van der Waals surface area contributed by atoms with Gasteiger partial charge in [0.15, 0.2) is 5.69 Å². The fourth-order valence-electron chi connectivity index (χ4n) is 1.54. The maximum atomic E-state index is 12.0. The minimum absolute atomic E-state index is 0.271. The number of nitrogens with zero attached hydrogens (tertiary/aromatic N) is 3. The van der Waals surface area contributed by atoms with E-state index < -0.39 is 0 Å². The van der Waals surface area contributed by atoms with Gasteiger partial charge in [-0.3, -0.25) is 9.78 Å². The van der Waals surface area contributed by atoms with Crippen LogP contribution in [0.5, 0.6) is 0 Å². The van der Waals surface area contributed by atoms with E-state index in [0.29, 0.717) is 11.5 Å². The van der Waals surface area contributed by atoms with Crippen LogP contribution in [0.4, 0.5) is 11.5 Å². The zero-order valence-electron chi connectivity index (χ0n) is 11.6. The van der Waals surface area contributed by atoms with Crippen molar-refractivity contribution in [3.63, 3.8) is 0 Å². The summed E-state index contributed by atoms with van der Waals surface area (Å²) in [6, 6.07) is 7.01. The summed E-state index contributed by atoms with van der Waals surface area (Å²) in [5, 5.41) is 13.7. The highest BCUT2D eigenvalue weighted by Crippen LogP contribution is 2.08. The van der Waals surface area contributed by atoms with Crippen molar-refractivity contribution in [3.8, 4) is 0 Å². The lowest BCUT2D eigenvalue weighted by atomic mass is 10.3. The van der Waals surface area contributed by atoms with E-state index in [2.05, 4.69) is 32.7 Å². The molecule has 6 nitrogen and oxygen atoms in total. The van der Waals surface area contributed by atoms with Crippen molar-refractivity contribution in [2.45, 2.75) is 20.3 Å². The third kappa shape index (κ3) is 3.74. The summed E-state index contributed by atoms with van der Waals surface area (Å²) < 4.78 is 0. The predicted molar refractivity (Wildman–Crippen MR) is 77.7 cm³/mol. The largest absolute Gasteiger partial charge is 0.369 e. The molecule has 0 aliphatic rings. The molecule has 2 aromatic rings. The number of amides is 1. The van der Waals surface area contributed by atoms with Crippen LogP contribution < -0.4 is 10.6 Å². The summed E-state index contributed by atoms with van der Waals surface area (Å²) in [6.07, 6.45) is 2.61. The SMILES string of the molecule is CCCNc1ccc(C(=O)Nc2ccc(C)nc2)nn1. The summed E-state index contributed by atoms with van der Waals surface area (Å²) in [7, 11) is 0. The standard InChI is InChI=1S/C14H17N5O/c1-3-8-15-13-7-6-12(18-19-13)14(20)17-11-5-4-10(2)16-9-11/h4-7,9H,3,8H2,1-2H3,(H,15,19)(H,17,20). The minimum Gasteiger partial charge on any atom is -0.369 e. The third-order valence-corrected chi connectivity index (χ3v) is 2.62. The van der Waals surface area contributed by atoms with Crippen molar-refractivity contribution in [2.24, 2.45) is 0 Å². The highest BCUT2D eigenvalue weighted by molar-refractivity contribution is 6.02. The first-order valence-corrected chi connectivity index (χ1v) is 6.50. The highest BCUT2D eigenvalue weighted by Gasteiger charge is 2.08. The second-order valence-corrected chi connectivity index (χ2v) is 4.37. The van der Waals surface area contributed by atoms with Crippen molar-refractivity contribution in [1.82, 2.24) is 15.2 Å². The number of anilines is 2. The van der Waals surface area contributed by atoms with Crippen LogP contribution in [0.15, 0.2) is 30.5 Å². The molecule has 0 spiro atoms. The van der Waals surface area contributed by atoms with Gasteiger partial charge in [-0.2, -0.15) is 0 Å². The predicted octanol–water partition coefficient (Wildman–Crippen LogP) is 2.25. The van der Waals surface area contributed by atoms with Crippen molar-refractivity contribution in [2.75, 3.05) is 17.2 Å². The normalized spacial score (nSPS) is 10.1. The van der Waals surface area contributed by atoms with Crippen LogP contribution in [0.2, 0.25) is 0 Å². The molecule has 6 heteroatoms. The lowest BCUT2D eigenvalue weighted by molar-refractivity contribution is 0.102. The number of aromatic nitrogens is 3. The molecular formula is C14H17N5O. The molecule has 0 aliphatic heterocycles. The van der Waals surface area contributed by atoms with Gasteiger partial charge in [0.2, 0.25) is 0 Å². The Bertz CT molecular complexity index is 565. The van der Waals surface area contributed by atoms with Gasteiger partial charge in [0.25, 0.3) is 5.91 Å². The monoisotopic (exact) mass is 271 g/mol. The van der Waals surface area contributed by atoms with E-state index in [1.807, 2.05) is 13.0 Å². The van der Waals surface area contributed by atoms with Crippen molar-refractivity contribution in [3.05, 3.63) is 41.9 Å². The van der Waals surface area contributed by atoms with Gasteiger partial charge in [-0.15, -0.1) is 10.2 Å².